The minimum absolute atomic E-state index is 0.252. The number of ether oxygens (including phenoxy) is 2. The molecule has 1 fully saturated rings. The SMILES string of the molecule is COc1ccc(NC(=O)C2=C(C)C(=O)OC23CCC(C)CC3)cc1. The van der Waals surface area contributed by atoms with Crippen LogP contribution in [0, 0.1) is 5.92 Å². The molecule has 0 unspecified atom stereocenters. The van der Waals surface area contributed by atoms with E-state index in [4.69, 9.17) is 9.47 Å². The van der Waals surface area contributed by atoms with E-state index in [1.807, 2.05) is 0 Å². The van der Waals surface area contributed by atoms with Crippen molar-refractivity contribution in [3.8, 4) is 5.75 Å². The third kappa shape index (κ3) is 2.90. The van der Waals surface area contributed by atoms with E-state index in [1.54, 1.807) is 38.3 Å². The lowest BCUT2D eigenvalue weighted by atomic mass is 9.75. The highest BCUT2D eigenvalue weighted by Crippen LogP contribution is 2.45. The third-order valence-electron chi connectivity index (χ3n) is 5.08. The van der Waals surface area contributed by atoms with Crippen LogP contribution >= 0.6 is 0 Å². The second-order valence-corrected chi connectivity index (χ2v) is 6.75. The Kier molecular flexibility index (Phi) is 4.35. The zero-order valence-electron chi connectivity index (χ0n) is 14.3. The van der Waals surface area contributed by atoms with Crippen molar-refractivity contribution >= 4 is 17.6 Å². The van der Waals surface area contributed by atoms with Gasteiger partial charge in [-0.05, 0) is 62.8 Å². The van der Waals surface area contributed by atoms with Gasteiger partial charge < -0.3 is 14.8 Å². The quantitative estimate of drug-likeness (QED) is 0.863. The van der Waals surface area contributed by atoms with Crippen LogP contribution in [0.15, 0.2) is 35.4 Å². The van der Waals surface area contributed by atoms with Crippen LogP contribution in [-0.4, -0.2) is 24.6 Å². The maximum absolute atomic E-state index is 12.8. The largest absolute Gasteiger partial charge is 0.497 e. The molecule has 3 rings (SSSR count). The monoisotopic (exact) mass is 329 g/mol. The molecule has 0 atom stereocenters. The highest BCUT2D eigenvalue weighted by molar-refractivity contribution is 6.12. The van der Waals surface area contributed by atoms with E-state index in [0.29, 0.717) is 35.6 Å². The van der Waals surface area contributed by atoms with E-state index in [9.17, 15) is 9.59 Å². The van der Waals surface area contributed by atoms with Gasteiger partial charge in [0.05, 0.1) is 12.7 Å². The predicted molar refractivity (Wildman–Crippen MR) is 90.8 cm³/mol. The highest BCUT2D eigenvalue weighted by Gasteiger charge is 2.50. The Balaban J connectivity index is 1.84. The lowest BCUT2D eigenvalue weighted by Crippen LogP contribution is -2.40. The first-order valence-corrected chi connectivity index (χ1v) is 8.35. The van der Waals surface area contributed by atoms with Crippen molar-refractivity contribution < 1.29 is 19.1 Å². The van der Waals surface area contributed by atoms with Crippen molar-refractivity contribution in [2.45, 2.75) is 45.1 Å². The Bertz CT molecular complexity index is 682. The molecule has 1 amide bonds. The zero-order valence-corrected chi connectivity index (χ0v) is 14.3. The van der Waals surface area contributed by atoms with Crippen LogP contribution in [0.5, 0.6) is 5.75 Å². The number of hydrogen-bond acceptors (Lipinski definition) is 4. The Morgan fingerprint density at radius 3 is 2.46 bits per heavy atom. The van der Waals surface area contributed by atoms with Crippen LogP contribution in [0.25, 0.3) is 0 Å². The summed E-state index contributed by atoms with van der Waals surface area (Å²) in [6.07, 6.45) is 3.34. The molecular formula is C19H23NO4. The number of anilines is 1. The van der Waals surface area contributed by atoms with Crippen molar-refractivity contribution in [1.29, 1.82) is 0 Å². The van der Waals surface area contributed by atoms with Crippen LogP contribution in [0.1, 0.15) is 39.5 Å². The molecule has 1 N–H and O–H groups in total. The first kappa shape index (κ1) is 16.6. The molecule has 0 bridgehead atoms. The molecular weight excluding hydrogens is 306 g/mol. The molecule has 1 heterocycles. The fraction of sp³-hybridized carbons (Fsp3) is 0.474. The van der Waals surface area contributed by atoms with Crippen LogP contribution in [0.2, 0.25) is 0 Å². The summed E-state index contributed by atoms with van der Waals surface area (Å²) in [5.41, 5.74) is 0.843. The fourth-order valence-corrected chi connectivity index (χ4v) is 3.57. The van der Waals surface area contributed by atoms with Gasteiger partial charge in [0.1, 0.15) is 11.4 Å². The van der Waals surface area contributed by atoms with Crippen molar-refractivity contribution in [1.82, 2.24) is 0 Å². The molecule has 1 spiro atoms. The van der Waals surface area contributed by atoms with E-state index >= 15 is 0 Å². The van der Waals surface area contributed by atoms with Crippen molar-refractivity contribution in [2.75, 3.05) is 12.4 Å². The van der Waals surface area contributed by atoms with Gasteiger partial charge in [-0.1, -0.05) is 6.92 Å². The summed E-state index contributed by atoms with van der Waals surface area (Å²) in [5, 5.41) is 2.88. The van der Waals surface area contributed by atoms with Gasteiger partial charge in [-0.3, -0.25) is 4.79 Å². The molecule has 1 saturated carbocycles. The maximum Gasteiger partial charge on any atom is 0.335 e. The Morgan fingerprint density at radius 1 is 1.25 bits per heavy atom. The summed E-state index contributed by atoms with van der Waals surface area (Å²) in [6, 6.07) is 7.12. The fourth-order valence-electron chi connectivity index (χ4n) is 3.57. The molecule has 1 aromatic rings. The molecule has 0 radical (unpaired) electrons. The van der Waals surface area contributed by atoms with E-state index in [1.165, 1.54) is 0 Å². The van der Waals surface area contributed by atoms with E-state index in [2.05, 4.69) is 12.2 Å². The second kappa shape index (κ2) is 6.30. The first-order chi connectivity index (χ1) is 11.4. The van der Waals surface area contributed by atoms with Gasteiger partial charge in [0, 0.05) is 11.3 Å². The van der Waals surface area contributed by atoms with Crippen molar-refractivity contribution in [3.63, 3.8) is 0 Å². The summed E-state index contributed by atoms with van der Waals surface area (Å²) in [6.45, 7) is 3.87. The van der Waals surface area contributed by atoms with Crippen molar-refractivity contribution in [2.24, 2.45) is 5.92 Å². The predicted octanol–water partition coefficient (Wildman–Crippen LogP) is 3.46. The average molecular weight is 329 g/mol. The maximum atomic E-state index is 12.8. The number of rotatable bonds is 3. The number of amides is 1. The van der Waals surface area contributed by atoms with Gasteiger partial charge in [0.25, 0.3) is 5.91 Å². The molecule has 128 valence electrons. The second-order valence-electron chi connectivity index (χ2n) is 6.75. The number of carbonyl (C=O) groups is 2. The van der Waals surface area contributed by atoms with E-state index < -0.39 is 5.60 Å². The van der Waals surface area contributed by atoms with E-state index in [0.717, 1.165) is 18.6 Å². The van der Waals surface area contributed by atoms with Gasteiger partial charge in [0.2, 0.25) is 0 Å². The number of hydrogen-bond donors (Lipinski definition) is 1. The Hall–Kier alpha value is -2.30. The van der Waals surface area contributed by atoms with Crippen LogP contribution in [0.3, 0.4) is 0 Å². The van der Waals surface area contributed by atoms with Crippen LogP contribution in [-0.2, 0) is 14.3 Å². The molecule has 1 aliphatic carbocycles. The van der Waals surface area contributed by atoms with Crippen LogP contribution in [0.4, 0.5) is 5.69 Å². The molecule has 5 nitrogen and oxygen atoms in total. The number of methoxy groups -OCH3 is 1. The summed E-state index contributed by atoms with van der Waals surface area (Å²) >= 11 is 0. The summed E-state index contributed by atoms with van der Waals surface area (Å²) in [5.74, 6) is 0.698. The molecule has 5 heteroatoms. The Morgan fingerprint density at radius 2 is 1.88 bits per heavy atom. The molecule has 0 saturated heterocycles. The van der Waals surface area contributed by atoms with Gasteiger partial charge in [-0.2, -0.15) is 0 Å². The summed E-state index contributed by atoms with van der Waals surface area (Å²) in [7, 11) is 1.59. The van der Waals surface area contributed by atoms with E-state index in [-0.39, 0.29) is 11.9 Å². The van der Waals surface area contributed by atoms with Gasteiger partial charge in [0.15, 0.2) is 0 Å². The minimum atomic E-state index is -0.746. The smallest absolute Gasteiger partial charge is 0.335 e. The average Bonchev–Trinajstić information content (AvgIpc) is 2.82. The highest BCUT2D eigenvalue weighted by atomic mass is 16.6. The Labute approximate surface area is 142 Å². The zero-order chi connectivity index (χ0) is 17.3. The topological polar surface area (TPSA) is 64.6 Å². The first-order valence-electron chi connectivity index (χ1n) is 8.35. The molecule has 24 heavy (non-hydrogen) atoms. The lowest BCUT2D eigenvalue weighted by molar-refractivity contribution is -0.150. The van der Waals surface area contributed by atoms with Gasteiger partial charge in [-0.15, -0.1) is 0 Å². The standard InChI is InChI=1S/C19H23NO4/c1-12-8-10-19(11-9-12)16(13(2)18(22)24-19)17(21)20-14-4-6-15(23-3)7-5-14/h4-7,12H,8-11H2,1-3H3,(H,20,21). The molecule has 1 aliphatic heterocycles. The normalized spacial score (nSPS) is 26.5. The molecule has 2 aliphatic rings. The molecule has 1 aromatic carbocycles. The van der Waals surface area contributed by atoms with Crippen LogP contribution < -0.4 is 10.1 Å². The summed E-state index contributed by atoms with van der Waals surface area (Å²) < 4.78 is 10.8. The molecule has 0 aromatic heterocycles. The summed E-state index contributed by atoms with van der Waals surface area (Å²) in [4.78, 5) is 25.0. The number of esters is 1. The number of nitrogens with one attached hydrogen (secondary N) is 1. The number of benzene rings is 1. The number of carbonyl (C=O) groups excluding carboxylic acids is 2. The van der Waals surface area contributed by atoms with Gasteiger partial charge >= 0.3 is 5.97 Å². The van der Waals surface area contributed by atoms with Crippen molar-refractivity contribution in [3.05, 3.63) is 35.4 Å². The third-order valence-corrected chi connectivity index (χ3v) is 5.08. The lowest BCUT2D eigenvalue weighted by Gasteiger charge is -2.36. The minimum Gasteiger partial charge on any atom is -0.497 e. The van der Waals surface area contributed by atoms with Gasteiger partial charge in [-0.25, -0.2) is 4.79 Å².